The molecular weight excluding hydrogens is 310 g/mol. The van der Waals surface area contributed by atoms with Crippen molar-refractivity contribution < 1.29 is 14.3 Å². The number of ether oxygens (including phenoxy) is 2. The molecule has 0 bridgehead atoms. The number of carbonyl (C=O) groups is 1. The van der Waals surface area contributed by atoms with Gasteiger partial charge >= 0.3 is 5.97 Å². The molecule has 0 spiro atoms. The smallest absolute Gasteiger partial charge is 0.338 e. The Morgan fingerprint density at radius 2 is 2.04 bits per heavy atom. The predicted molar refractivity (Wildman–Crippen MR) is 90.8 cm³/mol. The molecule has 3 aromatic rings. The molecule has 0 aliphatic rings. The number of para-hydroxylation sites is 1. The summed E-state index contributed by atoms with van der Waals surface area (Å²) in [5.74, 6) is -0.316. The Balaban J connectivity index is 1.57. The summed E-state index contributed by atoms with van der Waals surface area (Å²) in [5, 5.41) is 0.979. The van der Waals surface area contributed by atoms with Gasteiger partial charge in [0.2, 0.25) is 0 Å². The molecule has 0 amide bonds. The maximum absolute atomic E-state index is 12.1. The van der Waals surface area contributed by atoms with E-state index in [1.165, 1.54) is 0 Å². The van der Waals surface area contributed by atoms with Gasteiger partial charge in [0.05, 0.1) is 34.0 Å². The van der Waals surface area contributed by atoms with E-state index in [-0.39, 0.29) is 5.97 Å². The molecule has 0 fully saturated rings. The van der Waals surface area contributed by atoms with Crippen LogP contribution >= 0.6 is 11.3 Å². The molecule has 1 heterocycles. The van der Waals surface area contributed by atoms with Gasteiger partial charge in [0.15, 0.2) is 0 Å². The van der Waals surface area contributed by atoms with Gasteiger partial charge in [0.1, 0.15) is 0 Å². The van der Waals surface area contributed by atoms with Crippen LogP contribution in [0.25, 0.3) is 10.2 Å². The third-order valence-corrected chi connectivity index (χ3v) is 4.46. The first-order chi connectivity index (χ1) is 11.3. The number of benzene rings is 2. The highest BCUT2D eigenvalue weighted by Crippen LogP contribution is 2.21. The van der Waals surface area contributed by atoms with E-state index in [0.717, 1.165) is 20.8 Å². The summed E-state index contributed by atoms with van der Waals surface area (Å²) < 4.78 is 11.6. The van der Waals surface area contributed by atoms with Crippen molar-refractivity contribution in [3.63, 3.8) is 0 Å². The van der Waals surface area contributed by atoms with Crippen LogP contribution in [0.15, 0.2) is 48.5 Å². The Hall–Kier alpha value is -2.24. The van der Waals surface area contributed by atoms with E-state index in [4.69, 9.17) is 9.47 Å². The number of fused-ring (bicyclic) bond motifs is 1. The summed E-state index contributed by atoms with van der Waals surface area (Å²) in [5.41, 5.74) is 2.49. The van der Waals surface area contributed by atoms with Gasteiger partial charge in [-0.3, -0.25) is 0 Å². The summed E-state index contributed by atoms with van der Waals surface area (Å²) >= 11 is 1.63. The van der Waals surface area contributed by atoms with Crippen LogP contribution in [-0.4, -0.2) is 24.7 Å². The maximum Gasteiger partial charge on any atom is 0.338 e. The predicted octanol–water partition coefficient (Wildman–Crippen LogP) is 3.84. The minimum atomic E-state index is -0.316. The number of hydrogen-bond acceptors (Lipinski definition) is 5. The van der Waals surface area contributed by atoms with Gasteiger partial charge in [-0.1, -0.05) is 24.3 Å². The van der Waals surface area contributed by atoms with Crippen LogP contribution < -0.4 is 0 Å². The van der Waals surface area contributed by atoms with Crippen LogP contribution in [0.4, 0.5) is 0 Å². The minimum absolute atomic E-state index is 0.316. The first-order valence-corrected chi connectivity index (χ1v) is 8.17. The Bertz CT molecular complexity index is 780. The third kappa shape index (κ3) is 3.94. The lowest BCUT2D eigenvalue weighted by molar-refractivity contribution is 0.0509. The molecule has 1 aromatic heterocycles. The summed E-state index contributed by atoms with van der Waals surface area (Å²) in [7, 11) is 1.63. The Morgan fingerprint density at radius 1 is 1.17 bits per heavy atom. The largest absolute Gasteiger partial charge is 0.462 e. The number of nitrogens with zero attached hydrogens (tertiary/aromatic N) is 1. The molecule has 3 rings (SSSR count). The van der Waals surface area contributed by atoms with Crippen molar-refractivity contribution in [2.45, 2.75) is 13.0 Å². The monoisotopic (exact) mass is 327 g/mol. The number of esters is 1. The molecule has 0 atom stereocenters. The van der Waals surface area contributed by atoms with Crippen LogP contribution in [0.5, 0.6) is 0 Å². The average Bonchev–Trinajstić information content (AvgIpc) is 2.98. The van der Waals surface area contributed by atoms with Crippen molar-refractivity contribution in [1.82, 2.24) is 4.98 Å². The first-order valence-electron chi connectivity index (χ1n) is 7.36. The molecule has 5 heteroatoms. The van der Waals surface area contributed by atoms with Gasteiger partial charge in [-0.2, -0.15) is 0 Å². The van der Waals surface area contributed by atoms with E-state index < -0.39 is 0 Å². The van der Waals surface area contributed by atoms with Crippen LogP contribution in [-0.2, 0) is 22.5 Å². The quantitative estimate of drug-likeness (QED) is 0.645. The maximum atomic E-state index is 12.1. The summed E-state index contributed by atoms with van der Waals surface area (Å²) in [4.78, 5) is 16.6. The zero-order valence-corrected chi connectivity index (χ0v) is 13.6. The molecule has 23 heavy (non-hydrogen) atoms. The molecule has 2 aromatic carbocycles. The van der Waals surface area contributed by atoms with Gasteiger partial charge in [-0.05, 0) is 29.8 Å². The highest BCUT2D eigenvalue weighted by molar-refractivity contribution is 7.18. The number of methoxy groups -OCH3 is 1. The molecule has 0 aliphatic carbocycles. The van der Waals surface area contributed by atoms with E-state index in [9.17, 15) is 4.79 Å². The lowest BCUT2D eigenvalue weighted by atomic mass is 10.1. The molecular formula is C18H17NO3S. The van der Waals surface area contributed by atoms with Crippen LogP contribution in [0.2, 0.25) is 0 Å². The van der Waals surface area contributed by atoms with Crippen molar-refractivity contribution in [2.24, 2.45) is 0 Å². The average molecular weight is 327 g/mol. The standard InChI is InChI=1S/C18H17NO3S/c1-21-12-13-5-4-6-14(11-13)18(20)22-10-9-17-19-15-7-2-3-8-16(15)23-17/h2-8,11H,9-10,12H2,1H3. The Labute approximate surface area is 138 Å². The van der Waals surface area contributed by atoms with Crippen LogP contribution in [0, 0.1) is 0 Å². The molecule has 0 saturated heterocycles. The van der Waals surface area contributed by atoms with E-state index in [0.29, 0.717) is 25.2 Å². The zero-order chi connectivity index (χ0) is 16.1. The number of thiazole rings is 1. The SMILES string of the molecule is COCc1cccc(C(=O)OCCc2nc3ccccc3s2)c1. The van der Waals surface area contributed by atoms with E-state index >= 15 is 0 Å². The molecule has 118 valence electrons. The first kappa shape index (κ1) is 15.6. The second-order valence-corrected chi connectivity index (χ2v) is 6.21. The molecule has 0 saturated carbocycles. The molecule has 0 N–H and O–H groups in total. The lowest BCUT2D eigenvalue weighted by Gasteiger charge is -2.05. The van der Waals surface area contributed by atoms with Crippen LogP contribution in [0.3, 0.4) is 0 Å². The zero-order valence-electron chi connectivity index (χ0n) is 12.8. The fourth-order valence-corrected chi connectivity index (χ4v) is 3.24. The van der Waals surface area contributed by atoms with Gasteiger partial charge in [0.25, 0.3) is 0 Å². The highest BCUT2D eigenvalue weighted by atomic mass is 32.1. The van der Waals surface area contributed by atoms with Gasteiger partial charge in [-0.25, -0.2) is 9.78 Å². The molecule has 0 unspecified atom stereocenters. The summed E-state index contributed by atoms with van der Waals surface area (Å²) in [6, 6.07) is 15.3. The normalized spacial score (nSPS) is 10.8. The number of hydrogen-bond donors (Lipinski definition) is 0. The second-order valence-electron chi connectivity index (χ2n) is 5.09. The van der Waals surface area contributed by atoms with Crippen molar-refractivity contribution >= 4 is 27.5 Å². The van der Waals surface area contributed by atoms with Crippen molar-refractivity contribution in [2.75, 3.05) is 13.7 Å². The fraction of sp³-hybridized carbons (Fsp3) is 0.222. The number of aromatic nitrogens is 1. The van der Waals surface area contributed by atoms with Crippen molar-refractivity contribution in [3.8, 4) is 0 Å². The van der Waals surface area contributed by atoms with Gasteiger partial charge < -0.3 is 9.47 Å². The fourth-order valence-electron chi connectivity index (χ4n) is 2.30. The van der Waals surface area contributed by atoms with Gasteiger partial charge in [-0.15, -0.1) is 11.3 Å². The van der Waals surface area contributed by atoms with Crippen molar-refractivity contribution in [3.05, 3.63) is 64.7 Å². The lowest BCUT2D eigenvalue weighted by Crippen LogP contribution is -2.08. The highest BCUT2D eigenvalue weighted by Gasteiger charge is 2.09. The molecule has 0 aliphatic heterocycles. The van der Waals surface area contributed by atoms with E-state index in [1.807, 2.05) is 36.4 Å². The molecule has 4 nitrogen and oxygen atoms in total. The molecule has 0 radical (unpaired) electrons. The second kappa shape index (κ2) is 7.35. The van der Waals surface area contributed by atoms with Crippen molar-refractivity contribution in [1.29, 1.82) is 0 Å². The number of carbonyl (C=O) groups excluding carboxylic acids is 1. The van der Waals surface area contributed by atoms with Crippen LogP contribution in [0.1, 0.15) is 20.9 Å². The van der Waals surface area contributed by atoms with Gasteiger partial charge in [0, 0.05) is 13.5 Å². The van der Waals surface area contributed by atoms with E-state index in [1.54, 1.807) is 30.6 Å². The van der Waals surface area contributed by atoms with E-state index in [2.05, 4.69) is 4.98 Å². The topological polar surface area (TPSA) is 48.4 Å². The Morgan fingerprint density at radius 3 is 2.87 bits per heavy atom. The summed E-state index contributed by atoms with van der Waals surface area (Å²) in [6.45, 7) is 0.806. The minimum Gasteiger partial charge on any atom is -0.462 e. The third-order valence-electron chi connectivity index (χ3n) is 3.36. The number of rotatable bonds is 6. The Kier molecular flexibility index (Phi) is 5.00. The summed E-state index contributed by atoms with van der Waals surface area (Å²) in [6.07, 6.45) is 0.628.